The Morgan fingerprint density at radius 2 is 2.10 bits per heavy atom. The summed E-state index contributed by atoms with van der Waals surface area (Å²) in [5.74, 6) is -0.00529. The Kier molecular flexibility index (Phi) is 3.38. The minimum atomic E-state index is -0.511. The van der Waals surface area contributed by atoms with E-state index in [0.29, 0.717) is 11.5 Å². The van der Waals surface area contributed by atoms with Crippen LogP contribution in [-0.2, 0) is 4.74 Å². The monoisotopic (exact) mass is 281 g/mol. The molecule has 3 aromatic rings. The van der Waals surface area contributed by atoms with E-state index in [1.165, 1.54) is 11.8 Å². The molecule has 7 nitrogen and oxygen atoms in total. The smallest absolute Gasteiger partial charge is 0.358 e. The lowest BCUT2D eigenvalue weighted by Crippen LogP contribution is -2.06. The zero-order chi connectivity index (χ0) is 14.7. The van der Waals surface area contributed by atoms with Crippen LogP contribution in [0.25, 0.3) is 17.1 Å². The lowest BCUT2D eigenvalue weighted by molar-refractivity contribution is 0.0593. The number of pyridine rings is 1. The molecule has 0 N–H and O–H groups in total. The highest BCUT2D eigenvalue weighted by molar-refractivity contribution is 5.88. The summed E-state index contributed by atoms with van der Waals surface area (Å²) in [6, 6.07) is 8.81. The van der Waals surface area contributed by atoms with E-state index in [2.05, 4.69) is 20.3 Å². The van der Waals surface area contributed by atoms with E-state index in [4.69, 9.17) is 4.74 Å². The Morgan fingerprint density at radius 3 is 2.76 bits per heavy atom. The number of hydrogen-bond acceptors (Lipinski definition) is 6. The van der Waals surface area contributed by atoms with Crippen LogP contribution in [0.15, 0.2) is 48.9 Å². The summed E-state index contributed by atoms with van der Waals surface area (Å²) in [5, 5.41) is 12.1. The van der Waals surface area contributed by atoms with Gasteiger partial charge in [-0.2, -0.15) is 10.2 Å². The van der Waals surface area contributed by atoms with Gasteiger partial charge in [0.2, 0.25) is 0 Å². The number of methoxy groups -OCH3 is 1. The third-order valence-electron chi connectivity index (χ3n) is 2.84. The molecule has 104 valence electrons. The minimum Gasteiger partial charge on any atom is -0.464 e. The lowest BCUT2D eigenvalue weighted by Gasteiger charge is -2.04. The second-order valence-corrected chi connectivity index (χ2v) is 4.14. The van der Waals surface area contributed by atoms with Crippen LogP contribution in [0.1, 0.15) is 10.5 Å². The van der Waals surface area contributed by atoms with Gasteiger partial charge in [-0.3, -0.25) is 4.98 Å². The lowest BCUT2D eigenvalue weighted by atomic mass is 10.2. The molecule has 0 bridgehead atoms. The summed E-state index contributed by atoms with van der Waals surface area (Å²) in [6.45, 7) is 0. The summed E-state index contributed by atoms with van der Waals surface area (Å²) in [7, 11) is 1.31. The Morgan fingerprint density at radius 1 is 1.24 bits per heavy atom. The number of nitrogens with zero attached hydrogens (tertiary/aromatic N) is 5. The zero-order valence-electron chi connectivity index (χ0n) is 11.2. The number of rotatable bonds is 3. The van der Waals surface area contributed by atoms with E-state index < -0.39 is 5.97 Å². The molecule has 0 aliphatic rings. The molecule has 21 heavy (non-hydrogen) atoms. The van der Waals surface area contributed by atoms with Gasteiger partial charge < -0.3 is 4.74 Å². The van der Waals surface area contributed by atoms with Gasteiger partial charge in [-0.25, -0.2) is 9.48 Å². The fourth-order valence-corrected chi connectivity index (χ4v) is 1.89. The van der Waals surface area contributed by atoms with Crippen molar-refractivity contribution in [3.8, 4) is 17.1 Å². The number of carbonyl (C=O) groups excluding carboxylic acids is 1. The van der Waals surface area contributed by atoms with Crippen molar-refractivity contribution in [3.05, 3.63) is 54.6 Å². The molecule has 3 heterocycles. The highest BCUT2D eigenvalue weighted by Gasteiger charge is 2.17. The van der Waals surface area contributed by atoms with Crippen LogP contribution in [0.2, 0.25) is 0 Å². The average molecular weight is 281 g/mol. The molecule has 0 unspecified atom stereocenters. The number of esters is 1. The molecule has 3 aromatic heterocycles. The van der Waals surface area contributed by atoms with Crippen LogP contribution in [0, 0.1) is 0 Å². The summed E-state index contributed by atoms with van der Waals surface area (Å²) in [6.07, 6.45) is 4.93. The molecule has 0 amide bonds. The van der Waals surface area contributed by atoms with Crippen LogP contribution in [0.3, 0.4) is 0 Å². The normalized spacial score (nSPS) is 10.3. The van der Waals surface area contributed by atoms with Crippen molar-refractivity contribution in [3.63, 3.8) is 0 Å². The zero-order valence-corrected chi connectivity index (χ0v) is 11.2. The van der Waals surface area contributed by atoms with Gasteiger partial charge in [0.1, 0.15) is 0 Å². The Hall–Kier alpha value is -3.09. The van der Waals surface area contributed by atoms with E-state index in [-0.39, 0.29) is 5.69 Å². The van der Waals surface area contributed by atoms with Crippen molar-refractivity contribution >= 4 is 5.97 Å². The van der Waals surface area contributed by atoms with Crippen molar-refractivity contribution < 1.29 is 9.53 Å². The Labute approximate surface area is 120 Å². The number of aromatic nitrogens is 5. The molecule has 0 radical (unpaired) electrons. The molecule has 0 spiro atoms. The molecule has 3 rings (SSSR count). The van der Waals surface area contributed by atoms with Gasteiger partial charge >= 0.3 is 5.97 Å². The number of ether oxygens (including phenoxy) is 1. The molecule has 0 saturated heterocycles. The first kappa shape index (κ1) is 12.9. The summed E-state index contributed by atoms with van der Waals surface area (Å²) in [5.41, 5.74) is 1.69. The molecular formula is C14H11N5O2. The second-order valence-electron chi connectivity index (χ2n) is 4.14. The van der Waals surface area contributed by atoms with E-state index in [9.17, 15) is 4.79 Å². The Bertz CT molecular complexity index is 699. The molecule has 0 aliphatic heterocycles. The molecule has 7 heteroatoms. The maximum absolute atomic E-state index is 11.7. The molecule has 0 aromatic carbocycles. The van der Waals surface area contributed by atoms with E-state index >= 15 is 0 Å². The maximum atomic E-state index is 11.7. The number of hydrogen-bond donors (Lipinski definition) is 0. The maximum Gasteiger partial charge on any atom is 0.358 e. The van der Waals surface area contributed by atoms with Crippen LogP contribution in [0.4, 0.5) is 0 Å². The van der Waals surface area contributed by atoms with Gasteiger partial charge in [0.05, 0.1) is 12.8 Å². The van der Waals surface area contributed by atoms with Crippen LogP contribution >= 0.6 is 0 Å². The first-order valence-corrected chi connectivity index (χ1v) is 6.16. The largest absolute Gasteiger partial charge is 0.464 e. The predicted octanol–water partition coefficient (Wildman–Crippen LogP) is 1.51. The first-order chi connectivity index (χ1) is 10.3. The standard InChI is InChI=1S/C14H11N5O2/c1-21-14(20)11-8-12(10-4-2-6-15-9-10)19(18-11)13-5-3-7-16-17-13/h2-9H,1H3. The van der Waals surface area contributed by atoms with E-state index in [1.54, 1.807) is 42.9 Å². The first-order valence-electron chi connectivity index (χ1n) is 6.16. The summed E-state index contributed by atoms with van der Waals surface area (Å²) in [4.78, 5) is 15.8. The van der Waals surface area contributed by atoms with Gasteiger partial charge in [0, 0.05) is 24.2 Å². The van der Waals surface area contributed by atoms with Crippen molar-refractivity contribution in [2.24, 2.45) is 0 Å². The third kappa shape index (κ3) is 2.48. The van der Waals surface area contributed by atoms with Gasteiger partial charge in [-0.1, -0.05) is 0 Å². The van der Waals surface area contributed by atoms with Crippen molar-refractivity contribution in [1.82, 2.24) is 25.0 Å². The fraction of sp³-hybridized carbons (Fsp3) is 0.0714. The van der Waals surface area contributed by atoms with Crippen molar-refractivity contribution in [1.29, 1.82) is 0 Å². The van der Waals surface area contributed by atoms with Crippen LogP contribution in [-0.4, -0.2) is 38.0 Å². The van der Waals surface area contributed by atoms with Gasteiger partial charge in [0.25, 0.3) is 0 Å². The minimum absolute atomic E-state index is 0.196. The van der Waals surface area contributed by atoms with Crippen LogP contribution in [0.5, 0.6) is 0 Å². The predicted molar refractivity (Wildman–Crippen MR) is 73.7 cm³/mol. The van der Waals surface area contributed by atoms with Gasteiger partial charge in [-0.15, -0.1) is 5.10 Å². The van der Waals surface area contributed by atoms with Gasteiger partial charge in [-0.05, 0) is 30.3 Å². The fourth-order valence-electron chi connectivity index (χ4n) is 1.89. The van der Waals surface area contributed by atoms with Crippen molar-refractivity contribution in [2.75, 3.05) is 7.11 Å². The number of carbonyl (C=O) groups is 1. The van der Waals surface area contributed by atoms with Crippen molar-refractivity contribution in [2.45, 2.75) is 0 Å². The van der Waals surface area contributed by atoms with Gasteiger partial charge in [0.15, 0.2) is 11.5 Å². The quantitative estimate of drug-likeness (QED) is 0.677. The SMILES string of the molecule is COC(=O)c1cc(-c2cccnc2)n(-c2cccnn2)n1. The summed E-state index contributed by atoms with van der Waals surface area (Å²) < 4.78 is 6.25. The summed E-state index contributed by atoms with van der Waals surface area (Å²) >= 11 is 0. The molecule has 0 aliphatic carbocycles. The molecule has 0 atom stereocenters. The third-order valence-corrected chi connectivity index (χ3v) is 2.84. The Balaban J connectivity index is 2.18. The topological polar surface area (TPSA) is 82.8 Å². The molecular weight excluding hydrogens is 270 g/mol. The second kappa shape index (κ2) is 5.49. The average Bonchev–Trinajstić information content (AvgIpc) is 3.01. The van der Waals surface area contributed by atoms with Crippen LogP contribution < -0.4 is 0 Å². The highest BCUT2D eigenvalue weighted by Crippen LogP contribution is 2.22. The molecule has 0 saturated carbocycles. The highest BCUT2D eigenvalue weighted by atomic mass is 16.5. The van der Waals surface area contributed by atoms with E-state index in [0.717, 1.165) is 5.56 Å². The van der Waals surface area contributed by atoms with E-state index in [1.807, 2.05) is 6.07 Å². The molecule has 0 fully saturated rings.